The van der Waals surface area contributed by atoms with Gasteiger partial charge < -0.3 is 10.4 Å². The number of phenols is 1. The quantitative estimate of drug-likeness (QED) is 0.799. The van der Waals surface area contributed by atoms with Gasteiger partial charge in [-0.2, -0.15) is 5.10 Å². The molecule has 0 fully saturated rings. The zero-order valence-corrected chi connectivity index (χ0v) is 8.88. The standard InChI is InChI=1S/C11H12N4O/c1-12-7-11-14-10(6-13-15-11)8-3-2-4-9(16)5-8/h2-6,12,16H,7H2,1H3. The van der Waals surface area contributed by atoms with Crippen molar-refractivity contribution in [3.8, 4) is 17.0 Å². The van der Waals surface area contributed by atoms with E-state index in [-0.39, 0.29) is 5.75 Å². The van der Waals surface area contributed by atoms with Crippen molar-refractivity contribution in [2.45, 2.75) is 6.54 Å². The number of aromatic nitrogens is 3. The normalized spacial score (nSPS) is 10.3. The third kappa shape index (κ3) is 2.32. The molecule has 0 aliphatic heterocycles. The molecule has 1 aromatic carbocycles. The molecule has 16 heavy (non-hydrogen) atoms. The van der Waals surface area contributed by atoms with Gasteiger partial charge in [0, 0.05) is 5.56 Å². The van der Waals surface area contributed by atoms with Crippen molar-refractivity contribution in [3.63, 3.8) is 0 Å². The first kappa shape index (κ1) is 10.5. The second kappa shape index (κ2) is 4.67. The average Bonchev–Trinajstić information content (AvgIpc) is 2.30. The van der Waals surface area contributed by atoms with Crippen LogP contribution in [0.15, 0.2) is 30.5 Å². The van der Waals surface area contributed by atoms with Gasteiger partial charge in [0.05, 0.1) is 18.4 Å². The summed E-state index contributed by atoms with van der Waals surface area (Å²) in [6.07, 6.45) is 1.58. The van der Waals surface area contributed by atoms with Crippen molar-refractivity contribution in [3.05, 3.63) is 36.3 Å². The summed E-state index contributed by atoms with van der Waals surface area (Å²) in [7, 11) is 1.82. The molecular formula is C11H12N4O. The molecule has 0 aliphatic rings. The van der Waals surface area contributed by atoms with E-state index < -0.39 is 0 Å². The maximum absolute atomic E-state index is 9.37. The van der Waals surface area contributed by atoms with Crippen molar-refractivity contribution >= 4 is 0 Å². The van der Waals surface area contributed by atoms with Crippen molar-refractivity contribution in [1.29, 1.82) is 0 Å². The lowest BCUT2D eigenvalue weighted by molar-refractivity contribution is 0.475. The molecular weight excluding hydrogens is 204 g/mol. The van der Waals surface area contributed by atoms with E-state index in [4.69, 9.17) is 0 Å². The van der Waals surface area contributed by atoms with E-state index in [1.54, 1.807) is 24.4 Å². The molecule has 0 spiro atoms. The minimum absolute atomic E-state index is 0.214. The highest BCUT2D eigenvalue weighted by molar-refractivity contribution is 5.59. The first-order valence-corrected chi connectivity index (χ1v) is 4.92. The molecule has 2 rings (SSSR count). The van der Waals surface area contributed by atoms with Crippen molar-refractivity contribution in [2.24, 2.45) is 0 Å². The summed E-state index contributed by atoms with van der Waals surface area (Å²) in [6.45, 7) is 0.569. The SMILES string of the molecule is CNCc1nncc(-c2cccc(O)c2)n1. The third-order valence-electron chi connectivity index (χ3n) is 2.08. The van der Waals surface area contributed by atoms with Gasteiger partial charge in [0.25, 0.3) is 0 Å². The fraction of sp³-hybridized carbons (Fsp3) is 0.182. The zero-order chi connectivity index (χ0) is 11.4. The van der Waals surface area contributed by atoms with Crippen molar-refractivity contribution < 1.29 is 5.11 Å². The van der Waals surface area contributed by atoms with Crippen LogP contribution >= 0.6 is 0 Å². The summed E-state index contributed by atoms with van der Waals surface area (Å²) in [4.78, 5) is 4.33. The Morgan fingerprint density at radius 2 is 2.25 bits per heavy atom. The van der Waals surface area contributed by atoms with Crippen LogP contribution in [0.3, 0.4) is 0 Å². The number of benzene rings is 1. The van der Waals surface area contributed by atoms with Crippen LogP contribution in [0.5, 0.6) is 5.75 Å². The molecule has 1 aromatic heterocycles. The first-order valence-electron chi connectivity index (χ1n) is 4.92. The summed E-state index contributed by atoms with van der Waals surface area (Å²) in [5, 5.41) is 20.1. The molecule has 0 bridgehead atoms. The Morgan fingerprint density at radius 1 is 1.38 bits per heavy atom. The highest BCUT2D eigenvalue weighted by Gasteiger charge is 2.03. The highest BCUT2D eigenvalue weighted by atomic mass is 16.3. The summed E-state index contributed by atoms with van der Waals surface area (Å²) >= 11 is 0. The van der Waals surface area contributed by atoms with Crippen LogP contribution in [-0.2, 0) is 6.54 Å². The van der Waals surface area contributed by atoms with E-state index in [2.05, 4.69) is 20.5 Å². The minimum atomic E-state index is 0.214. The molecule has 0 saturated carbocycles. The van der Waals surface area contributed by atoms with Gasteiger partial charge in [-0.25, -0.2) is 4.98 Å². The Hall–Kier alpha value is -2.01. The van der Waals surface area contributed by atoms with E-state index in [1.807, 2.05) is 13.1 Å². The van der Waals surface area contributed by atoms with E-state index in [9.17, 15) is 5.11 Å². The van der Waals surface area contributed by atoms with Gasteiger partial charge in [0.15, 0.2) is 5.82 Å². The second-order valence-electron chi connectivity index (χ2n) is 3.34. The monoisotopic (exact) mass is 216 g/mol. The summed E-state index contributed by atoms with van der Waals surface area (Å²) in [6, 6.07) is 6.90. The molecule has 0 radical (unpaired) electrons. The van der Waals surface area contributed by atoms with Crippen molar-refractivity contribution in [1.82, 2.24) is 20.5 Å². The number of nitrogens with zero attached hydrogens (tertiary/aromatic N) is 3. The molecule has 2 N–H and O–H groups in total. The summed E-state index contributed by atoms with van der Waals surface area (Å²) < 4.78 is 0. The van der Waals surface area contributed by atoms with Crippen LogP contribution < -0.4 is 5.32 Å². The van der Waals surface area contributed by atoms with Gasteiger partial charge in [-0.1, -0.05) is 12.1 Å². The number of rotatable bonds is 3. The van der Waals surface area contributed by atoms with Gasteiger partial charge in [0.1, 0.15) is 5.75 Å². The molecule has 0 aliphatic carbocycles. The lowest BCUT2D eigenvalue weighted by atomic mass is 10.1. The van der Waals surface area contributed by atoms with Crippen molar-refractivity contribution in [2.75, 3.05) is 7.05 Å². The Bertz CT molecular complexity index is 487. The molecule has 2 aromatic rings. The van der Waals surface area contributed by atoms with E-state index in [0.717, 1.165) is 5.56 Å². The largest absolute Gasteiger partial charge is 0.508 e. The fourth-order valence-electron chi connectivity index (χ4n) is 1.38. The molecule has 0 saturated heterocycles. The minimum Gasteiger partial charge on any atom is -0.508 e. The van der Waals surface area contributed by atoms with Crippen LogP contribution in [0.2, 0.25) is 0 Å². The van der Waals surface area contributed by atoms with Crippen LogP contribution in [0.25, 0.3) is 11.3 Å². The molecule has 0 amide bonds. The van der Waals surface area contributed by atoms with Gasteiger partial charge in [-0.3, -0.25) is 0 Å². The van der Waals surface area contributed by atoms with Crippen LogP contribution in [0.1, 0.15) is 5.82 Å². The van der Waals surface area contributed by atoms with Crippen LogP contribution in [0, 0.1) is 0 Å². The lowest BCUT2D eigenvalue weighted by Crippen LogP contribution is -2.10. The molecule has 0 atom stereocenters. The predicted octanol–water partition coefficient (Wildman–Crippen LogP) is 0.964. The maximum Gasteiger partial charge on any atom is 0.165 e. The number of hydrogen-bond acceptors (Lipinski definition) is 5. The molecule has 5 heteroatoms. The molecule has 0 unspecified atom stereocenters. The van der Waals surface area contributed by atoms with E-state index in [1.165, 1.54) is 0 Å². The first-order chi connectivity index (χ1) is 7.79. The van der Waals surface area contributed by atoms with Crippen LogP contribution in [-0.4, -0.2) is 27.3 Å². The fourth-order valence-corrected chi connectivity index (χ4v) is 1.38. The summed E-state index contributed by atoms with van der Waals surface area (Å²) in [5.41, 5.74) is 1.53. The smallest absolute Gasteiger partial charge is 0.165 e. The topological polar surface area (TPSA) is 70.9 Å². The molecule has 82 valence electrons. The zero-order valence-electron chi connectivity index (χ0n) is 8.88. The number of phenolic OH excluding ortho intramolecular Hbond substituents is 1. The average molecular weight is 216 g/mol. The molecule has 5 nitrogen and oxygen atoms in total. The Labute approximate surface area is 93.2 Å². The summed E-state index contributed by atoms with van der Waals surface area (Å²) in [5.74, 6) is 0.842. The predicted molar refractivity (Wildman–Crippen MR) is 59.7 cm³/mol. The van der Waals surface area contributed by atoms with Gasteiger partial charge in [-0.05, 0) is 19.2 Å². The van der Waals surface area contributed by atoms with Gasteiger partial charge in [-0.15, -0.1) is 5.10 Å². The maximum atomic E-state index is 9.37. The van der Waals surface area contributed by atoms with Crippen LogP contribution in [0.4, 0.5) is 0 Å². The second-order valence-corrected chi connectivity index (χ2v) is 3.34. The number of hydrogen-bond donors (Lipinski definition) is 2. The number of aromatic hydroxyl groups is 1. The van der Waals surface area contributed by atoms with E-state index >= 15 is 0 Å². The molecule has 1 heterocycles. The lowest BCUT2D eigenvalue weighted by Gasteiger charge is -2.02. The van der Waals surface area contributed by atoms with Gasteiger partial charge >= 0.3 is 0 Å². The van der Waals surface area contributed by atoms with E-state index in [0.29, 0.717) is 18.1 Å². The number of nitrogens with one attached hydrogen (secondary N) is 1. The Balaban J connectivity index is 2.36. The Morgan fingerprint density at radius 3 is 3.00 bits per heavy atom. The highest BCUT2D eigenvalue weighted by Crippen LogP contribution is 2.20. The Kier molecular flexibility index (Phi) is 3.07. The third-order valence-corrected chi connectivity index (χ3v) is 2.08. The van der Waals surface area contributed by atoms with Gasteiger partial charge in [0.2, 0.25) is 0 Å².